The minimum atomic E-state index is -0.436. The molecule has 0 aromatic heterocycles. The normalized spacial score (nSPS) is 37.0. The first-order valence-corrected chi connectivity index (χ1v) is 7.50. The average Bonchev–Trinajstić information content (AvgIpc) is 2.35. The van der Waals surface area contributed by atoms with Gasteiger partial charge in [-0.1, -0.05) is 13.8 Å². The van der Waals surface area contributed by atoms with Gasteiger partial charge in [-0.15, -0.1) is 0 Å². The lowest BCUT2D eigenvalue weighted by Crippen LogP contribution is -2.28. The number of carbonyl (C=O) groups excluding carboxylic acids is 1. The summed E-state index contributed by atoms with van der Waals surface area (Å²) in [6.07, 6.45) is 8.41. The zero-order valence-corrected chi connectivity index (χ0v) is 11.7. The summed E-state index contributed by atoms with van der Waals surface area (Å²) < 4.78 is 10.8. The SMILES string of the molecule is C[C@H]1CC[C@@H](OC(=O)O[C@H]2CC[C@@H](C)CC2)CC1. The summed E-state index contributed by atoms with van der Waals surface area (Å²) >= 11 is 0. The highest BCUT2D eigenvalue weighted by Gasteiger charge is 2.25. The largest absolute Gasteiger partial charge is 0.508 e. The second-order valence-corrected chi connectivity index (χ2v) is 6.25. The van der Waals surface area contributed by atoms with Crippen LogP contribution in [0.3, 0.4) is 0 Å². The molecule has 104 valence electrons. The second kappa shape index (κ2) is 6.44. The first kappa shape index (κ1) is 13.7. The molecule has 18 heavy (non-hydrogen) atoms. The number of rotatable bonds is 2. The summed E-state index contributed by atoms with van der Waals surface area (Å²) in [4.78, 5) is 11.7. The summed E-state index contributed by atoms with van der Waals surface area (Å²) in [5.41, 5.74) is 0. The van der Waals surface area contributed by atoms with E-state index in [0.717, 1.165) is 37.5 Å². The van der Waals surface area contributed by atoms with E-state index in [1.54, 1.807) is 0 Å². The smallest absolute Gasteiger partial charge is 0.431 e. The van der Waals surface area contributed by atoms with Crippen molar-refractivity contribution in [2.45, 2.75) is 77.4 Å². The Morgan fingerprint density at radius 1 is 0.722 bits per heavy atom. The van der Waals surface area contributed by atoms with E-state index in [2.05, 4.69) is 13.8 Å². The molecule has 2 aliphatic carbocycles. The number of ether oxygens (including phenoxy) is 2. The zero-order chi connectivity index (χ0) is 13.0. The van der Waals surface area contributed by atoms with Gasteiger partial charge in [0.1, 0.15) is 12.2 Å². The monoisotopic (exact) mass is 254 g/mol. The fourth-order valence-electron chi connectivity index (χ4n) is 2.99. The Balaban J connectivity index is 1.66. The number of carbonyl (C=O) groups is 1. The van der Waals surface area contributed by atoms with Crippen molar-refractivity contribution < 1.29 is 14.3 Å². The van der Waals surface area contributed by atoms with Gasteiger partial charge in [0.2, 0.25) is 0 Å². The molecule has 0 aromatic carbocycles. The number of hydrogen-bond acceptors (Lipinski definition) is 3. The molecule has 0 amide bonds. The zero-order valence-electron chi connectivity index (χ0n) is 11.7. The van der Waals surface area contributed by atoms with Crippen molar-refractivity contribution in [2.24, 2.45) is 11.8 Å². The molecule has 0 unspecified atom stereocenters. The quantitative estimate of drug-likeness (QED) is 0.689. The molecule has 3 heteroatoms. The topological polar surface area (TPSA) is 35.5 Å². The van der Waals surface area contributed by atoms with Crippen molar-refractivity contribution in [1.29, 1.82) is 0 Å². The maximum absolute atomic E-state index is 11.7. The molecular weight excluding hydrogens is 228 g/mol. The lowest BCUT2D eigenvalue weighted by atomic mass is 9.89. The maximum atomic E-state index is 11.7. The van der Waals surface area contributed by atoms with E-state index in [9.17, 15) is 4.79 Å². The highest BCUT2D eigenvalue weighted by molar-refractivity contribution is 5.60. The molecule has 2 saturated carbocycles. The van der Waals surface area contributed by atoms with E-state index in [4.69, 9.17) is 9.47 Å². The third-order valence-electron chi connectivity index (χ3n) is 4.45. The molecule has 0 radical (unpaired) electrons. The Bertz CT molecular complexity index is 235. The first-order chi connectivity index (χ1) is 8.63. The van der Waals surface area contributed by atoms with Gasteiger partial charge in [0, 0.05) is 0 Å². The van der Waals surface area contributed by atoms with Crippen LogP contribution >= 0.6 is 0 Å². The molecule has 2 fully saturated rings. The molecule has 0 saturated heterocycles. The van der Waals surface area contributed by atoms with Crippen LogP contribution in [0, 0.1) is 11.8 Å². The minimum Gasteiger partial charge on any atom is -0.431 e. The van der Waals surface area contributed by atoms with Crippen LogP contribution in [0.15, 0.2) is 0 Å². The molecule has 0 N–H and O–H groups in total. The lowest BCUT2D eigenvalue weighted by molar-refractivity contribution is -0.0247. The van der Waals surface area contributed by atoms with E-state index in [1.807, 2.05) is 0 Å². The molecule has 0 atom stereocenters. The average molecular weight is 254 g/mol. The highest BCUT2D eigenvalue weighted by atomic mass is 16.7. The molecule has 0 heterocycles. The van der Waals surface area contributed by atoms with Crippen molar-refractivity contribution in [3.8, 4) is 0 Å². The van der Waals surface area contributed by atoms with Crippen LogP contribution in [0.2, 0.25) is 0 Å². The predicted octanol–water partition coefficient (Wildman–Crippen LogP) is 4.30. The van der Waals surface area contributed by atoms with Crippen LogP contribution in [0.25, 0.3) is 0 Å². The molecule has 0 aliphatic heterocycles. The molecular formula is C15H26O3. The van der Waals surface area contributed by atoms with Gasteiger partial charge in [0.25, 0.3) is 0 Å². The Labute approximate surface area is 110 Å². The van der Waals surface area contributed by atoms with Gasteiger partial charge in [0.05, 0.1) is 0 Å². The van der Waals surface area contributed by atoms with Crippen molar-refractivity contribution >= 4 is 6.16 Å². The van der Waals surface area contributed by atoms with Crippen LogP contribution in [-0.2, 0) is 9.47 Å². The standard InChI is InChI=1S/C15H26O3/c1-11-3-7-13(8-4-11)17-15(16)18-14-9-5-12(2)6-10-14/h11-14H,3-10H2,1-2H3/t11-,12-,13+,14+. The van der Waals surface area contributed by atoms with Crippen LogP contribution in [0.1, 0.15) is 65.2 Å². The number of hydrogen-bond donors (Lipinski definition) is 0. The van der Waals surface area contributed by atoms with Gasteiger partial charge in [-0.25, -0.2) is 4.79 Å². The third kappa shape index (κ3) is 4.18. The Hall–Kier alpha value is -0.730. The fraction of sp³-hybridized carbons (Fsp3) is 0.933. The third-order valence-corrected chi connectivity index (χ3v) is 4.45. The van der Waals surface area contributed by atoms with E-state index < -0.39 is 6.16 Å². The van der Waals surface area contributed by atoms with Crippen molar-refractivity contribution in [3.05, 3.63) is 0 Å². The summed E-state index contributed by atoms with van der Waals surface area (Å²) in [6.45, 7) is 4.52. The van der Waals surface area contributed by atoms with Crippen LogP contribution < -0.4 is 0 Å². The van der Waals surface area contributed by atoms with Crippen molar-refractivity contribution in [1.82, 2.24) is 0 Å². The summed E-state index contributed by atoms with van der Waals surface area (Å²) in [5.74, 6) is 1.56. The summed E-state index contributed by atoms with van der Waals surface area (Å²) in [7, 11) is 0. The highest BCUT2D eigenvalue weighted by Crippen LogP contribution is 2.28. The fourth-order valence-corrected chi connectivity index (χ4v) is 2.99. The van der Waals surface area contributed by atoms with E-state index in [-0.39, 0.29) is 12.2 Å². The summed E-state index contributed by atoms with van der Waals surface area (Å²) in [5, 5.41) is 0. The van der Waals surface area contributed by atoms with Gasteiger partial charge in [-0.3, -0.25) is 0 Å². The molecule has 2 rings (SSSR count). The maximum Gasteiger partial charge on any atom is 0.508 e. The molecule has 3 nitrogen and oxygen atoms in total. The lowest BCUT2D eigenvalue weighted by Gasteiger charge is -2.28. The van der Waals surface area contributed by atoms with Gasteiger partial charge in [0.15, 0.2) is 0 Å². The van der Waals surface area contributed by atoms with E-state index in [0.29, 0.717) is 0 Å². The van der Waals surface area contributed by atoms with Gasteiger partial charge in [-0.05, 0) is 63.2 Å². The molecule has 0 aromatic rings. The molecule has 2 aliphatic rings. The Morgan fingerprint density at radius 3 is 1.39 bits per heavy atom. The van der Waals surface area contributed by atoms with E-state index >= 15 is 0 Å². The second-order valence-electron chi connectivity index (χ2n) is 6.25. The Kier molecular flexibility index (Phi) is 4.90. The van der Waals surface area contributed by atoms with Crippen molar-refractivity contribution in [2.75, 3.05) is 0 Å². The van der Waals surface area contributed by atoms with Crippen LogP contribution in [-0.4, -0.2) is 18.4 Å². The van der Waals surface area contributed by atoms with Gasteiger partial charge >= 0.3 is 6.16 Å². The van der Waals surface area contributed by atoms with Gasteiger partial charge < -0.3 is 9.47 Å². The minimum absolute atomic E-state index is 0.0937. The van der Waals surface area contributed by atoms with Crippen molar-refractivity contribution in [3.63, 3.8) is 0 Å². The first-order valence-electron chi connectivity index (χ1n) is 7.50. The predicted molar refractivity (Wildman–Crippen MR) is 70.4 cm³/mol. The van der Waals surface area contributed by atoms with Crippen LogP contribution in [0.5, 0.6) is 0 Å². The summed E-state index contributed by atoms with van der Waals surface area (Å²) in [6, 6.07) is 0. The molecule has 0 bridgehead atoms. The van der Waals surface area contributed by atoms with Gasteiger partial charge in [-0.2, -0.15) is 0 Å². The van der Waals surface area contributed by atoms with Crippen LogP contribution in [0.4, 0.5) is 4.79 Å². The van der Waals surface area contributed by atoms with E-state index in [1.165, 1.54) is 25.7 Å². The molecule has 0 spiro atoms. The Morgan fingerprint density at radius 2 is 1.06 bits per heavy atom.